The van der Waals surface area contributed by atoms with Crippen molar-refractivity contribution in [3.8, 4) is 34.1 Å². The molecule has 1 aromatic heterocycles. The van der Waals surface area contributed by atoms with Crippen molar-refractivity contribution in [2.45, 2.75) is 6.92 Å². The molecule has 0 aliphatic rings. The average molecular weight is 667 g/mol. The number of nitrogens with one attached hydrogen (secondary N) is 2. The Balaban J connectivity index is 1.43. The Morgan fingerprint density at radius 2 is 1.60 bits per heavy atom. The Morgan fingerprint density at radius 3 is 2.31 bits per heavy atom. The number of benzene rings is 4. The van der Waals surface area contributed by atoms with E-state index >= 15 is 0 Å². The van der Waals surface area contributed by atoms with Crippen LogP contribution in [0.4, 0.5) is 0 Å². The van der Waals surface area contributed by atoms with E-state index in [1.807, 2.05) is 12.1 Å². The molecular formula is C33H26Cl3N3O6. The van der Waals surface area contributed by atoms with Gasteiger partial charge in [-0.2, -0.15) is 5.10 Å². The fourth-order valence-electron chi connectivity index (χ4n) is 4.68. The second kappa shape index (κ2) is 13.9. The summed E-state index contributed by atoms with van der Waals surface area (Å²) in [6, 6.07) is 20.0. The number of halogens is 3. The number of aromatic amines is 1. The first-order chi connectivity index (χ1) is 21.7. The number of methoxy groups -OCH3 is 2. The van der Waals surface area contributed by atoms with Gasteiger partial charge < -0.3 is 23.9 Å². The van der Waals surface area contributed by atoms with E-state index in [0.29, 0.717) is 61.5 Å². The van der Waals surface area contributed by atoms with Crippen LogP contribution in [0, 0.1) is 0 Å². The molecule has 0 atom stereocenters. The van der Waals surface area contributed by atoms with Gasteiger partial charge in [0.1, 0.15) is 17.2 Å². The number of ether oxygens (including phenoxy) is 4. The van der Waals surface area contributed by atoms with Gasteiger partial charge in [-0.15, -0.1) is 0 Å². The Hall–Kier alpha value is -4.70. The van der Waals surface area contributed by atoms with Crippen molar-refractivity contribution in [1.82, 2.24) is 10.4 Å². The summed E-state index contributed by atoms with van der Waals surface area (Å²) in [7, 11) is 3.08. The average Bonchev–Trinajstić information content (AvgIpc) is 3.43. The summed E-state index contributed by atoms with van der Waals surface area (Å²) < 4.78 is 22.4. The number of H-pyrrole nitrogens is 1. The molecule has 0 aliphatic carbocycles. The number of rotatable bonds is 10. The lowest BCUT2D eigenvalue weighted by Crippen LogP contribution is -2.19. The molecule has 0 bridgehead atoms. The maximum atomic E-state index is 13.6. The zero-order chi connectivity index (χ0) is 32.1. The number of aromatic nitrogens is 1. The van der Waals surface area contributed by atoms with Crippen molar-refractivity contribution in [2.24, 2.45) is 5.10 Å². The highest BCUT2D eigenvalue weighted by Crippen LogP contribution is 2.44. The summed E-state index contributed by atoms with van der Waals surface area (Å²) in [6.07, 6.45) is 1.43. The highest BCUT2D eigenvalue weighted by Gasteiger charge is 2.25. The van der Waals surface area contributed by atoms with Crippen molar-refractivity contribution in [3.05, 3.63) is 105 Å². The molecule has 0 radical (unpaired) electrons. The van der Waals surface area contributed by atoms with E-state index in [9.17, 15) is 9.59 Å². The Kier molecular flexibility index (Phi) is 9.83. The van der Waals surface area contributed by atoms with E-state index in [1.54, 1.807) is 62.6 Å². The molecule has 45 heavy (non-hydrogen) atoms. The van der Waals surface area contributed by atoms with Crippen LogP contribution < -0.4 is 24.4 Å². The Morgan fingerprint density at radius 1 is 0.867 bits per heavy atom. The first-order valence-electron chi connectivity index (χ1n) is 13.5. The molecule has 5 aromatic rings. The number of hydrogen-bond acceptors (Lipinski definition) is 7. The van der Waals surface area contributed by atoms with Crippen molar-refractivity contribution in [2.75, 3.05) is 20.8 Å². The van der Waals surface area contributed by atoms with Gasteiger partial charge in [0.05, 0.1) is 48.5 Å². The third kappa shape index (κ3) is 6.71. The van der Waals surface area contributed by atoms with Crippen molar-refractivity contribution in [3.63, 3.8) is 0 Å². The van der Waals surface area contributed by atoms with Crippen LogP contribution in [0.25, 0.3) is 22.0 Å². The summed E-state index contributed by atoms with van der Waals surface area (Å²) >= 11 is 18.7. The normalized spacial score (nSPS) is 11.1. The topological polar surface area (TPSA) is 111 Å². The van der Waals surface area contributed by atoms with Gasteiger partial charge in [0.25, 0.3) is 5.91 Å². The zero-order valence-corrected chi connectivity index (χ0v) is 26.5. The lowest BCUT2D eigenvalue weighted by molar-refractivity contribution is 0.0728. The Bertz CT molecular complexity index is 1940. The van der Waals surface area contributed by atoms with E-state index in [0.717, 1.165) is 0 Å². The molecule has 1 amide bonds. The maximum Gasteiger partial charge on any atom is 0.345 e. The van der Waals surface area contributed by atoms with Gasteiger partial charge in [0.2, 0.25) is 0 Å². The largest absolute Gasteiger partial charge is 0.496 e. The standard InChI is InChI=1S/C33H26Cl3N3O6/c1-4-44-27-15-18(9-12-24(27)45-33(41)21-11-10-19(34)16-23(21)36)17-37-39-32(40)31-28(20-7-5-6-8-22(20)35)29-25(42-2)13-14-26(43-3)30(29)38-31/h5-17,38H,4H2,1-3H3,(H,39,40). The number of carbonyl (C=O) groups is 2. The first-order valence-corrected chi connectivity index (χ1v) is 14.7. The Labute approximate surface area is 273 Å². The van der Waals surface area contributed by atoms with Gasteiger partial charge in [-0.05, 0) is 67.1 Å². The van der Waals surface area contributed by atoms with Gasteiger partial charge in [-0.25, -0.2) is 10.2 Å². The number of esters is 1. The van der Waals surface area contributed by atoms with E-state index < -0.39 is 11.9 Å². The van der Waals surface area contributed by atoms with Crippen LogP contribution in [-0.4, -0.2) is 43.9 Å². The second-order valence-corrected chi connectivity index (χ2v) is 10.7. The number of amides is 1. The fourth-order valence-corrected chi connectivity index (χ4v) is 5.40. The van der Waals surface area contributed by atoms with Crippen LogP contribution in [0.3, 0.4) is 0 Å². The first kappa shape index (κ1) is 31.7. The monoisotopic (exact) mass is 665 g/mol. The number of fused-ring (bicyclic) bond motifs is 1. The lowest BCUT2D eigenvalue weighted by Gasteiger charge is -2.12. The van der Waals surface area contributed by atoms with Gasteiger partial charge >= 0.3 is 5.97 Å². The summed E-state index contributed by atoms with van der Waals surface area (Å²) in [6.45, 7) is 2.10. The van der Waals surface area contributed by atoms with Crippen LogP contribution in [0.2, 0.25) is 15.1 Å². The van der Waals surface area contributed by atoms with Gasteiger partial charge in [-0.1, -0.05) is 53.0 Å². The summed E-state index contributed by atoms with van der Waals surface area (Å²) in [5.41, 5.74) is 5.21. The SMILES string of the molecule is CCOc1cc(C=NNC(=O)c2[nH]c3c(OC)ccc(OC)c3c2-c2ccccc2Cl)ccc1OC(=O)c1ccc(Cl)cc1Cl. The minimum atomic E-state index is -0.674. The van der Waals surface area contributed by atoms with E-state index in [1.165, 1.54) is 25.5 Å². The molecule has 4 aromatic carbocycles. The van der Waals surface area contributed by atoms with Crippen LogP contribution in [0.1, 0.15) is 33.3 Å². The summed E-state index contributed by atoms with van der Waals surface area (Å²) in [5.74, 6) is 0.317. The molecule has 230 valence electrons. The van der Waals surface area contributed by atoms with Crippen LogP contribution in [-0.2, 0) is 0 Å². The van der Waals surface area contributed by atoms with Crippen molar-refractivity contribution in [1.29, 1.82) is 0 Å². The quantitative estimate of drug-likeness (QED) is 0.0673. The van der Waals surface area contributed by atoms with Crippen molar-refractivity contribution < 1.29 is 28.5 Å². The van der Waals surface area contributed by atoms with Crippen LogP contribution in [0.15, 0.2) is 77.9 Å². The highest BCUT2D eigenvalue weighted by atomic mass is 35.5. The van der Waals surface area contributed by atoms with E-state index in [-0.39, 0.29) is 22.0 Å². The summed E-state index contributed by atoms with van der Waals surface area (Å²) in [4.78, 5) is 29.5. The van der Waals surface area contributed by atoms with Crippen LogP contribution in [0.5, 0.6) is 23.0 Å². The van der Waals surface area contributed by atoms with Crippen molar-refractivity contribution >= 4 is 63.8 Å². The lowest BCUT2D eigenvalue weighted by atomic mass is 10.0. The molecular weight excluding hydrogens is 641 g/mol. The summed E-state index contributed by atoms with van der Waals surface area (Å²) in [5, 5.41) is 5.79. The molecule has 2 N–H and O–H groups in total. The highest BCUT2D eigenvalue weighted by molar-refractivity contribution is 6.36. The smallest absolute Gasteiger partial charge is 0.345 e. The number of carbonyl (C=O) groups excluding carboxylic acids is 2. The molecule has 5 rings (SSSR count). The molecule has 9 nitrogen and oxygen atoms in total. The number of nitrogens with zero attached hydrogens (tertiary/aromatic N) is 1. The third-order valence-electron chi connectivity index (χ3n) is 6.69. The minimum absolute atomic E-state index is 0.153. The molecule has 0 unspecified atom stereocenters. The molecule has 0 fully saturated rings. The predicted molar refractivity (Wildman–Crippen MR) is 176 cm³/mol. The molecule has 0 spiro atoms. The number of hydrazone groups is 1. The van der Waals surface area contributed by atoms with Gasteiger partial charge in [0.15, 0.2) is 11.5 Å². The molecule has 0 saturated carbocycles. The molecule has 0 saturated heterocycles. The fraction of sp³-hybridized carbons (Fsp3) is 0.121. The third-order valence-corrected chi connectivity index (χ3v) is 7.57. The number of hydrogen-bond donors (Lipinski definition) is 2. The van der Waals surface area contributed by atoms with Crippen LogP contribution >= 0.6 is 34.8 Å². The van der Waals surface area contributed by atoms with E-state index in [4.69, 9.17) is 53.8 Å². The van der Waals surface area contributed by atoms with E-state index in [2.05, 4.69) is 15.5 Å². The minimum Gasteiger partial charge on any atom is -0.496 e. The predicted octanol–water partition coefficient (Wildman–Crippen LogP) is 8.19. The molecule has 0 aliphatic heterocycles. The van der Waals surface area contributed by atoms with Gasteiger partial charge in [0, 0.05) is 21.2 Å². The zero-order valence-electron chi connectivity index (χ0n) is 24.2. The second-order valence-electron chi connectivity index (χ2n) is 9.43. The molecule has 12 heteroatoms. The van der Waals surface area contributed by atoms with Gasteiger partial charge in [-0.3, -0.25) is 4.79 Å². The maximum absolute atomic E-state index is 13.6. The molecule has 1 heterocycles.